The maximum absolute atomic E-state index is 6.07. The van der Waals surface area contributed by atoms with E-state index in [1.54, 1.807) is 18.2 Å². The Kier molecular flexibility index (Phi) is 4.48. The molecule has 18 heavy (non-hydrogen) atoms. The molecule has 0 atom stereocenters. The standard InChI is InChI=1S/C14H13Cl2NO/c15-12-5-6-13(16)11(7-12)9-18-14-4-2-1-3-10(14)8-17/h1-7H,8-9,17H2. The van der Waals surface area contributed by atoms with Gasteiger partial charge in [-0.05, 0) is 24.3 Å². The number of para-hydroxylation sites is 1. The summed E-state index contributed by atoms with van der Waals surface area (Å²) in [7, 11) is 0. The average Bonchev–Trinajstić information content (AvgIpc) is 2.40. The van der Waals surface area contributed by atoms with E-state index in [2.05, 4.69) is 0 Å². The van der Waals surface area contributed by atoms with Crippen molar-refractivity contribution >= 4 is 23.2 Å². The van der Waals surface area contributed by atoms with Crippen LogP contribution in [0, 0.1) is 0 Å². The minimum atomic E-state index is 0.371. The van der Waals surface area contributed by atoms with E-state index in [0.717, 1.165) is 16.9 Å². The van der Waals surface area contributed by atoms with Crippen molar-refractivity contribution in [1.82, 2.24) is 0 Å². The number of ether oxygens (including phenoxy) is 1. The first-order chi connectivity index (χ1) is 8.70. The summed E-state index contributed by atoms with van der Waals surface area (Å²) in [5.41, 5.74) is 7.47. The van der Waals surface area contributed by atoms with Gasteiger partial charge in [-0.2, -0.15) is 0 Å². The van der Waals surface area contributed by atoms with Gasteiger partial charge in [0.05, 0.1) is 0 Å². The molecule has 2 rings (SSSR count). The zero-order chi connectivity index (χ0) is 13.0. The van der Waals surface area contributed by atoms with E-state index >= 15 is 0 Å². The second kappa shape index (κ2) is 6.10. The molecule has 2 nitrogen and oxygen atoms in total. The lowest BCUT2D eigenvalue weighted by Gasteiger charge is -2.11. The molecule has 0 spiro atoms. The van der Waals surface area contributed by atoms with E-state index in [-0.39, 0.29) is 0 Å². The van der Waals surface area contributed by atoms with Gasteiger partial charge in [-0.15, -0.1) is 0 Å². The van der Waals surface area contributed by atoms with Gasteiger partial charge < -0.3 is 10.5 Å². The number of nitrogens with two attached hydrogens (primary N) is 1. The fraction of sp³-hybridized carbons (Fsp3) is 0.143. The Morgan fingerprint density at radius 2 is 1.78 bits per heavy atom. The zero-order valence-corrected chi connectivity index (χ0v) is 11.2. The zero-order valence-electron chi connectivity index (χ0n) is 9.70. The molecule has 2 aromatic rings. The van der Waals surface area contributed by atoms with Crippen LogP contribution in [0.25, 0.3) is 0 Å². The molecule has 0 aromatic heterocycles. The number of hydrogen-bond donors (Lipinski definition) is 1. The van der Waals surface area contributed by atoms with Crippen molar-refractivity contribution in [3.8, 4) is 5.75 Å². The quantitative estimate of drug-likeness (QED) is 0.918. The molecule has 0 saturated heterocycles. The molecule has 0 aliphatic carbocycles. The smallest absolute Gasteiger partial charge is 0.124 e. The van der Waals surface area contributed by atoms with Crippen molar-refractivity contribution < 1.29 is 4.74 Å². The third-order valence-electron chi connectivity index (χ3n) is 2.58. The van der Waals surface area contributed by atoms with Gasteiger partial charge in [0.25, 0.3) is 0 Å². The number of rotatable bonds is 4. The van der Waals surface area contributed by atoms with Gasteiger partial charge >= 0.3 is 0 Å². The Morgan fingerprint density at radius 3 is 2.56 bits per heavy atom. The summed E-state index contributed by atoms with van der Waals surface area (Å²) in [5.74, 6) is 0.774. The van der Waals surface area contributed by atoms with E-state index < -0.39 is 0 Å². The molecule has 94 valence electrons. The summed E-state index contributed by atoms with van der Waals surface area (Å²) in [6.07, 6.45) is 0. The molecule has 0 fully saturated rings. The molecule has 0 aliphatic rings. The maximum atomic E-state index is 6.07. The molecule has 2 N–H and O–H groups in total. The minimum Gasteiger partial charge on any atom is -0.489 e. The average molecular weight is 282 g/mol. The van der Waals surface area contributed by atoms with Crippen molar-refractivity contribution in [3.05, 3.63) is 63.6 Å². The first-order valence-electron chi connectivity index (χ1n) is 5.55. The Morgan fingerprint density at radius 1 is 1.00 bits per heavy atom. The molecule has 0 unspecified atom stereocenters. The van der Waals surface area contributed by atoms with Crippen molar-refractivity contribution in [2.75, 3.05) is 0 Å². The van der Waals surface area contributed by atoms with Gasteiger partial charge in [-0.25, -0.2) is 0 Å². The predicted molar refractivity (Wildman–Crippen MR) is 75.1 cm³/mol. The highest BCUT2D eigenvalue weighted by Gasteiger charge is 2.05. The van der Waals surface area contributed by atoms with Crippen LogP contribution < -0.4 is 10.5 Å². The molecular weight excluding hydrogens is 269 g/mol. The Bertz CT molecular complexity index is 543. The van der Waals surface area contributed by atoms with Crippen LogP contribution in [0.5, 0.6) is 5.75 Å². The van der Waals surface area contributed by atoms with Crippen LogP contribution in [0.2, 0.25) is 10.0 Å². The summed E-state index contributed by atoms with van der Waals surface area (Å²) in [5, 5.41) is 1.29. The highest BCUT2D eigenvalue weighted by Crippen LogP contribution is 2.24. The van der Waals surface area contributed by atoms with Crippen molar-refractivity contribution in [1.29, 1.82) is 0 Å². The summed E-state index contributed by atoms with van der Waals surface area (Å²) in [6.45, 7) is 0.815. The number of benzene rings is 2. The highest BCUT2D eigenvalue weighted by atomic mass is 35.5. The van der Waals surface area contributed by atoms with Gasteiger partial charge in [0.15, 0.2) is 0 Å². The third kappa shape index (κ3) is 3.16. The van der Waals surface area contributed by atoms with Crippen LogP contribution in [-0.4, -0.2) is 0 Å². The molecule has 0 bridgehead atoms. The van der Waals surface area contributed by atoms with Crippen LogP contribution in [-0.2, 0) is 13.2 Å². The molecule has 4 heteroatoms. The first kappa shape index (κ1) is 13.2. The van der Waals surface area contributed by atoms with Gasteiger partial charge in [-0.1, -0.05) is 41.4 Å². The van der Waals surface area contributed by atoms with E-state index in [0.29, 0.717) is 23.2 Å². The first-order valence-corrected chi connectivity index (χ1v) is 6.31. The van der Waals surface area contributed by atoms with Crippen molar-refractivity contribution in [2.45, 2.75) is 13.2 Å². The van der Waals surface area contributed by atoms with Crippen molar-refractivity contribution in [3.63, 3.8) is 0 Å². The second-order valence-electron chi connectivity index (χ2n) is 3.84. The fourth-order valence-corrected chi connectivity index (χ4v) is 1.99. The van der Waals surface area contributed by atoms with Crippen LogP contribution in [0.4, 0.5) is 0 Å². The van der Waals surface area contributed by atoms with Crippen LogP contribution in [0.1, 0.15) is 11.1 Å². The highest BCUT2D eigenvalue weighted by molar-refractivity contribution is 6.33. The summed E-state index contributed by atoms with van der Waals surface area (Å²) < 4.78 is 5.73. The normalized spacial score (nSPS) is 10.4. The number of hydrogen-bond acceptors (Lipinski definition) is 2. The van der Waals surface area contributed by atoms with Gasteiger partial charge in [-0.3, -0.25) is 0 Å². The molecular formula is C14H13Cl2NO. The molecule has 0 radical (unpaired) electrons. The third-order valence-corrected chi connectivity index (χ3v) is 3.19. The topological polar surface area (TPSA) is 35.2 Å². The molecule has 0 aliphatic heterocycles. The maximum Gasteiger partial charge on any atom is 0.124 e. The Balaban J connectivity index is 2.14. The van der Waals surface area contributed by atoms with E-state index in [4.69, 9.17) is 33.7 Å². The predicted octanol–water partition coefficient (Wildman–Crippen LogP) is 4.03. The molecule has 2 aromatic carbocycles. The van der Waals surface area contributed by atoms with Crippen LogP contribution in [0.3, 0.4) is 0 Å². The van der Waals surface area contributed by atoms with Gasteiger partial charge in [0.1, 0.15) is 12.4 Å². The van der Waals surface area contributed by atoms with Crippen LogP contribution >= 0.6 is 23.2 Å². The van der Waals surface area contributed by atoms with E-state index in [1.165, 1.54) is 0 Å². The molecule has 0 heterocycles. The van der Waals surface area contributed by atoms with Crippen LogP contribution in [0.15, 0.2) is 42.5 Å². The Hall–Kier alpha value is -1.22. The van der Waals surface area contributed by atoms with Crippen molar-refractivity contribution in [2.24, 2.45) is 5.73 Å². The van der Waals surface area contributed by atoms with Gasteiger partial charge in [0, 0.05) is 27.7 Å². The number of halogens is 2. The minimum absolute atomic E-state index is 0.371. The van der Waals surface area contributed by atoms with Gasteiger partial charge in [0.2, 0.25) is 0 Å². The lowest BCUT2D eigenvalue weighted by Crippen LogP contribution is -2.02. The summed E-state index contributed by atoms with van der Waals surface area (Å²) in [4.78, 5) is 0. The Labute approximate surface area is 116 Å². The lowest BCUT2D eigenvalue weighted by molar-refractivity contribution is 0.303. The van der Waals surface area contributed by atoms with E-state index in [9.17, 15) is 0 Å². The summed E-state index contributed by atoms with van der Waals surface area (Å²) in [6, 6.07) is 13.0. The van der Waals surface area contributed by atoms with E-state index in [1.807, 2.05) is 24.3 Å². The lowest BCUT2D eigenvalue weighted by atomic mass is 10.2. The summed E-state index contributed by atoms with van der Waals surface area (Å²) >= 11 is 12.0. The largest absolute Gasteiger partial charge is 0.489 e. The fourth-order valence-electron chi connectivity index (χ4n) is 1.62. The molecule has 0 saturated carbocycles. The molecule has 0 amide bonds. The monoisotopic (exact) mass is 281 g/mol. The SMILES string of the molecule is NCc1ccccc1OCc1cc(Cl)ccc1Cl. The second-order valence-corrected chi connectivity index (χ2v) is 4.68.